The van der Waals surface area contributed by atoms with Gasteiger partial charge in [-0.3, -0.25) is 14.2 Å². The Bertz CT molecular complexity index is 939. The number of aryl methyl sites for hydroxylation is 2. The van der Waals surface area contributed by atoms with E-state index >= 15 is 0 Å². The van der Waals surface area contributed by atoms with Crippen LogP contribution >= 0.6 is 23.1 Å². The number of thiophene rings is 1. The summed E-state index contributed by atoms with van der Waals surface area (Å²) in [7, 11) is 0. The molecular formula is C20H24N2O2S2. The Hall–Kier alpha value is -1.40. The minimum Gasteiger partial charge on any atom is -0.298 e. The highest BCUT2D eigenvalue weighted by Crippen LogP contribution is 2.45. The van der Waals surface area contributed by atoms with Gasteiger partial charge < -0.3 is 0 Å². The fourth-order valence-corrected chi connectivity index (χ4v) is 6.43. The molecule has 0 aromatic carbocycles. The Morgan fingerprint density at radius 2 is 2.04 bits per heavy atom. The molecule has 0 bridgehead atoms. The first-order chi connectivity index (χ1) is 12.7. The molecule has 2 aliphatic rings. The molecular weight excluding hydrogens is 364 g/mol. The van der Waals surface area contributed by atoms with E-state index in [1.54, 1.807) is 23.1 Å². The van der Waals surface area contributed by atoms with E-state index in [1.165, 1.54) is 12.8 Å². The number of carbonyl (C=O) groups is 1. The molecule has 26 heavy (non-hydrogen) atoms. The van der Waals surface area contributed by atoms with Crippen LogP contribution in [0.25, 0.3) is 15.1 Å². The van der Waals surface area contributed by atoms with E-state index in [0.717, 1.165) is 94.1 Å². The Morgan fingerprint density at radius 3 is 2.85 bits per heavy atom. The van der Waals surface area contributed by atoms with Gasteiger partial charge in [0.15, 0.2) is 0 Å². The average Bonchev–Trinajstić information content (AvgIpc) is 3.00. The summed E-state index contributed by atoms with van der Waals surface area (Å²) in [6.07, 6.45) is 9.04. The smallest absolute Gasteiger partial charge is 0.262 e. The van der Waals surface area contributed by atoms with Gasteiger partial charge in [-0.05, 0) is 43.4 Å². The second-order valence-corrected chi connectivity index (χ2v) is 9.16. The lowest BCUT2D eigenvalue weighted by Crippen LogP contribution is -2.26. The van der Waals surface area contributed by atoms with Gasteiger partial charge in [-0.15, -0.1) is 23.1 Å². The molecule has 4 nitrogen and oxygen atoms in total. The van der Waals surface area contributed by atoms with E-state index in [-0.39, 0.29) is 5.56 Å². The van der Waals surface area contributed by atoms with Crippen LogP contribution in [0.4, 0.5) is 0 Å². The number of thioether (sulfide) groups is 1. The van der Waals surface area contributed by atoms with E-state index < -0.39 is 0 Å². The normalized spacial score (nSPS) is 17.6. The summed E-state index contributed by atoms with van der Waals surface area (Å²) in [5.41, 5.74) is 2.16. The molecule has 0 saturated heterocycles. The van der Waals surface area contributed by atoms with Crippen LogP contribution in [0.1, 0.15) is 61.7 Å². The quantitative estimate of drug-likeness (QED) is 0.720. The molecule has 138 valence electrons. The molecule has 0 N–H and O–H groups in total. The van der Waals surface area contributed by atoms with Crippen LogP contribution in [0, 0.1) is 0 Å². The maximum absolute atomic E-state index is 13.3. The van der Waals surface area contributed by atoms with Crippen LogP contribution in [-0.4, -0.2) is 21.6 Å². The van der Waals surface area contributed by atoms with Crippen molar-refractivity contribution < 1.29 is 4.79 Å². The van der Waals surface area contributed by atoms with Crippen LogP contribution in [0.2, 0.25) is 0 Å². The summed E-state index contributed by atoms with van der Waals surface area (Å²) in [4.78, 5) is 32.8. The summed E-state index contributed by atoms with van der Waals surface area (Å²) in [5, 5.41) is 0.814. The van der Waals surface area contributed by atoms with Gasteiger partial charge in [-0.1, -0.05) is 19.8 Å². The van der Waals surface area contributed by atoms with E-state index in [4.69, 9.17) is 4.98 Å². The van der Waals surface area contributed by atoms with Crippen LogP contribution in [0.5, 0.6) is 0 Å². The molecule has 1 aliphatic heterocycles. The van der Waals surface area contributed by atoms with Crippen molar-refractivity contribution >= 4 is 44.5 Å². The van der Waals surface area contributed by atoms with Gasteiger partial charge >= 0.3 is 0 Å². The summed E-state index contributed by atoms with van der Waals surface area (Å²) in [6.45, 7) is 2.94. The molecule has 2 aromatic heterocycles. The summed E-state index contributed by atoms with van der Waals surface area (Å²) in [5.74, 6) is 1.94. The standard InChI is InChI=1S/C20H24N2O2S2/c1-2-11-25-17-13(12-23)8-9-14-16-19(26-18(14)17)21-15-7-5-3-4-6-10-22(15)20(16)24/h12H,2-11H2,1H3. The first kappa shape index (κ1) is 18.0. The van der Waals surface area contributed by atoms with Crippen molar-refractivity contribution in [3.8, 4) is 0 Å². The van der Waals surface area contributed by atoms with Gasteiger partial charge in [0.05, 0.1) is 5.39 Å². The second-order valence-electron chi connectivity index (χ2n) is 7.06. The lowest BCUT2D eigenvalue weighted by atomic mass is 9.97. The molecule has 0 amide bonds. The van der Waals surface area contributed by atoms with E-state index in [0.29, 0.717) is 0 Å². The zero-order chi connectivity index (χ0) is 18.1. The van der Waals surface area contributed by atoms with E-state index in [1.807, 2.05) is 4.57 Å². The van der Waals surface area contributed by atoms with Crippen LogP contribution in [0.3, 0.4) is 0 Å². The van der Waals surface area contributed by atoms with Crippen molar-refractivity contribution in [3.63, 3.8) is 0 Å². The highest BCUT2D eigenvalue weighted by molar-refractivity contribution is 8.08. The number of aldehydes is 1. The van der Waals surface area contributed by atoms with Crippen molar-refractivity contribution in [2.75, 3.05) is 5.75 Å². The lowest BCUT2D eigenvalue weighted by Gasteiger charge is -2.17. The number of nitrogens with zero attached hydrogens (tertiary/aromatic N) is 2. The molecule has 3 heterocycles. The number of rotatable bonds is 4. The SMILES string of the molecule is CCCSC1=C(C=O)CCc2c1sc1nc3n(c(=O)c21)CCCCCC3. The van der Waals surface area contributed by atoms with Crippen molar-refractivity contribution in [3.05, 3.63) is 32.2 Å². The Kier molecular flexibility index (Phi) is 5.32. The molecule has 1 aliphatic carbocycles. The van der Waals surface area contributed by atoms with Gasteiger partial charge in [-0.2, -0.15) is 0 Å². The van der Waals surface area contributed by atoms with Crippen molar-refractivity contribution in [2.24, 2.45) is 0 Å². The first-order valence-corrected chi connectivity index (χ1v) is 11.4. The third kappa shape index (κ3) is 3.07. The molecule has 0 spiro atoms. The van der Waals surface area contributed by atoms with Crippen molar-refractivity contribution in [2.45, 2.75) is 64.8 Å². The summed E-state index contributed by atoms with van der Waals surface area (Å²) >= 11 is 3.37. The van der Waals surface area contributed by atoms with Crippen LogP contribution in [-0.2, 0) is 24.2 Å². The van der Waals surface area contributed by atoms with Gasteiger partial charge in [0.2, 0.25) is 0 Å². The molecule has 0 atom stereocenters. The molecule has 0 radical (unpaired) electrons. The zero-order valence-corrected chi connectivity index (χ0v) is 16.8. The van der Waals surface area contributed by atoms with Crippen LogP contribution in [0.15, 0.2) is 10.4 Å². The van der Waals surface area contributed by atoms with Crippen molar-refractivity contribution in [1.82, 2.24) is 9.55 Å². The molecule has 0 saturated carbocycles. The van der Waals surface area contributed by atoms with E-state index in [9.17, 15) is 9.59 Å². The molecule has 0 unspecified atom stereocenters. The lowest BCUT2D eigenvalue weighted by molar-refractivity contribution is -0.105. The predicted molar refractivity (Wildman–Crippen MR) is 110 cm³/mol. The molecule has 2 aromatic rings. The fraction of sp³-hybridized carbons (Fsp3) is 0.550. The number of fused-ring (bicyclic) bond motifs is 4. The highest BCUT2D eigenvalue weighted by Gasteiger charge is 2.27. The Morgan fingerprint density at radius 1 is 1.19 bits per heavy atom. The topological polar surface area (TPSA) is 52.0 Å². The van der Waals surface area contributed by atoms with E-state index in [2.05, 4.69) is 6.92 Å². The third-order valence-corrected chi connectivity index (χ3v) is 7.90. The third-order valence-electron chi connectivity index (χ3n) is 5.26. The maximum atomic E-state index is 13.3. The summed E-state index contributed by atoms with van der Waals surface area (Å²) < 4.78 is 1.92. The second kappa shape index (κ2) is 7.69. The van der Waals surface area contributed by atoms with Gasteiger partial charge in [0.25, 0.3) is 5.56 Å². The number of carbonyl (C=O) groups excluding carboxylic acids is 1. The highest BCUT2D eigenvalue weighted by atomic mass is 32.2. The van der Waals surface area contributed by atoms with Gasteiger partial charge in [-0.25, -0.2) is 4.98 Å². The zero-order valence-electron chi connectivity index (χ0n) is 15.2. The number of aromatic nitrogens is 2. The molecule has 4 rings (SSSR count). The van der Waals surface area contributed by atoms with Crippen molar-refractivity contribution in [1.29, 1.82) is 0 Å². The van der Waals surface area contributed by atoms with Crippen LogP contribution < -0.4 is 5.56 Å². The molecule has 6 heteroatoms. The molecule has 0 fully saturated rings. The predicted octanol–water partition coefficient (Wildman–Crippen LogP) is 4.57. The number of hydrogen-bond acceptors (Lipinski definition) is 5. The number of hydrogen-bond donors (Lipinski definition) is 0. The Balaban J connectivity index is 1.91. The first-order valence-electron chi connectivity index (χ1n) is 9.61. The monoisotopic (exact) mass is 388 g/mol. The van der Waals surface area contributed by atoms with Gasteiger partial charge in [0.1, 0.15) is 16.9 Å². The minimum absolute atomic E-state index is 0.138. The Labute approximate surface area is 161 Å². The fourth-order valence-electron chi connectivity index (χ4n) is 3.92. The number of allylic oxidation sites excluding steroid dienone is 1. The summed E-state index contributed by atoms with van der Waals surface area (Å²) in [6, 6.07) is 0. The maximum Gasteiger partial charge on any atom is 0.262 e. The largest absolute Gasteiger partial charge is 0.298 e. The van der Waals surface area contributed by atoms with Gasteiger partial charge in [0, 0.05) is 28.3 Å². The minimum atomic E-state index is 0.138. The average molecular weight is 389 g/mol.